The van der Waals surface area contributed by atoms with E-state index in [-0.39, 0.29) is 5.97 Å². The van der Waals surface area contributed by atoms with Crippen LogP contribution in [0.2, 0.25) is 0 Å². The minimum absolute atomic E-state index is 0.378. The normalized spacial score (nSPS) is 10.2. The van der Waals surface area contributed by atoms with Gasteiger partial charge in [-0.25, -0.2) is 9.78 Å². The predicted molar refractivity (Wildman–Crippen MR) is 67.4 cm³/mol. The lowest BCUT2D eigenvalue weighted by Crippen LogP contribution is -2.01. The summed E-state index contributed by atoms with van der Waals surface area (Å²) in [6.07, 6.45) is 0.752. The number of methoxy groups -OCH3 is 1. The summed E-state index contributed by atoms with van der Waals surface area (Å²) >= 11 is 1.48. The highest BCUT2D eigenvalue weighted by atomic mass is 32.1. The predicted octanol–water partition coefficient (Wildman–Crippen LogP) is 2.83. The van der Waals surface area contributed by atoms with Crippen molar-refractivity contribution in [1.82, 2.24) is 4.98 Å². The zero-order chi connectivity index (χ0) is 12.3. The molecule has 0 aliphatic rings. The Morgan fingerprint density at radius 3 is 2.71 bits per heavy atom. The van der Waals surface area contributed by atoms with Crippen molar-refractivity contribution in [2.45, 2.75) is 13.3 Å². The highest BCUT2D eigenvalue weighted by Crippen LogP contribution is 2.15. The van der Waals surface area contributed by atoms with E-state index >= 15 is 0 Å². The highest BCUT2D eigenvalue weighted by Gasteiger charge is 2.10. The summed E-state index contributed by atoms with van der Waals surface area (Å²) in [5.41, 5.74) is 2.82. The van der Waals surface area contributed by atoms with Gasteiger partial charge in [0.25, 0.3) is 0 Å². The Balaban J connectivity index is 2.11. The van der Waals surface area contributed by atoms with Gasteiger partial charge in [0, 0.05) is 11.8 Å². The maximum Gasteiger partial charge on any atom is 0.357 e. The van der Waals surface area contributed by atoms with E-state index in [2.05, 4.69) is 40.9 Å². The number of hydrogen-bond donors (Lipinski definition) is 0. The fraction of sp³-hybridized carbons (Fsp3) is 0.231. The molecule has 0 amide bonds. The van der Waals surface area contributed by atoms with E-state index in [1.54, 1.807) is 5.38 Å². The van der Waals surface area contributed by atoms with Crippen molar-refractivity contribution in [3.8, 4) is 0 Å². The summed E-state index contributed by atoms with van der Waals surface area (Å²) in [4.78, 5) is 15.5. The van der Waals surface area contributed by atoms with Gasteiger partial charge in [0.05, 0.1) is 12.1 Å². The quantitative estimate of drug-likeness (QED) is 0.783. The molecular weight excluding hydrogens is 234 g/mol. The number of nitrogens with zero attached hydrogens (tertiary/aromatic N) is 1. The molecule has 0 bridgehead atoms. The smallest absolute Gasteiger partial charge is 0.357 e. The molecule has 0 radical (unpaired) electrons. The van der Waals surface area contributed by atoms with Crippen LogP contribution in [0.4, 0.5) is 0 Å². The van der Waals surface area contributed by atoms with E-state index in [0.717, 1.165) is 11.4 Å². The second kappa shape index (κ2) is 5.10. The molecule has 0 atom stereocenters. The number of esters is 1. The third-order valence-corrected chi connectivity index (χ3v) is 3.27. The van der Waals surface area contributed by atoms with Gasteiger partial charge in [0.15, 0.2) is 5.69 Å². The molecule has 4 heteroatoms. The molecule has 1 aromatic heterocycles. The number of thiazole rings is 1. The average Bonchev–Trinajstić information content (AvgIpc) is 2.80. The van der Waals surface area contributed by atoms with Crippen molar-refractivity contribution in [2.24, 2.45) is 0 Å². The van der Waals surface area contributed by atoms with Crippen LogP contribution < -0.4 is 0 Å². The van der Waals surface area contributed by atoms with Gasteiger partial charge in [-0.15, -0.1) is 11.3 Å². The van der Waals surface area contributed by atoms with Gasteiger partial charge in [-0.3, -0.25) is 0 Å². The summed E-state index contributed by atoms with van der Waals surface area (Å²) in [6, 6.07) is 8.30. The molecule has 0 N–H and O–H groups in total. The van der Waals surface area contributed by atoms with Gasteiger partial charge in [-0.2, -0.15) is 0 Å². The second-order valence-corrected chi connectivity index (χ2v) is 4.72. The number of benzene rings is 1. The standard InChI is InChI=1S/C13H13NO2S/c1-9-3-5-10(6-4-9)7-12-14-11(8-17-12)13(15)16-2/h3-6,8H,7H2,1-2H3. The van der Waals surface area contributed by atoms with Gasteiger partial charge in [0.2, 0.25) is 0 Å². The Hall–Kier alpha value is -1.68. The number of hydrogen-bond acceptors (Lipinski definition) is 4. The second-order valence-electron chi connectivity index (χ2n) is 3.78. The first-order valence-corrected chi connectivity index (χ1v) is 6.15. The van der Waals surface area contributed by atoms with Crippen molar-refractivity contribution in [3.63, 3.8) is 0 Å². The fourth-order valence-corrected chi connectivity index (χ4v) is 2.27. The van der Waals surface area contributed by atoms with Crippen molar-refractivity contribution in [3.05, 3.63) is 51.5 Å². The molecule has 0 aliphatic carbocycles. The zero-order valence-corrected chi connectivity index (χ0v) is 10.6. The van der Waals surface area contributed by atoms with Gasteiger partial charge >= 0.3 is 5.97 Å². The Morgan fingerprint density at radius 2 is 2.06 bits per heavy atom. The lowest BCUT2D eigenvalue weighted by Gasteiger charge is -1.98. The molecule has 17 heavy (non-hydrogen) atoms. The minimum Gasteiger partial charge on any atom is -0.464 e. The SMILES string of the molecule is COC(=O)c1csc(Cc2ccc(C)cc2)n1. The number of aryl methyl sites for hydroxylation is 1. The van der Waals surface area contributed by atoms with Crippen LogP contribution in [0, 0.1) is 6.92 Å². The zero-order valence-electron chi connectivity index (χ0n) is 9.77. The minimum atomic E-state index is -0.378. The molecule has 0 saturated heterocycles. The summed E-state index contributed by atoms with van der Waals surface area (Å²) in [7, 11) is 1.36. The lowest BCUT2D eigenvalue weighted by atomic mass is 10.1. The molecule has 1 heterocycles. The van der Waals surface area contributed by atoms with Crippen LogP contribution in [0.1, 0.15) is 26.6 Å². The van der Waals surface area contributed by atoms with Gasteiger partial charge < -0.3 is 4.74 Å². The molecule has 0 aliphatic heterocycles. The first-order chi connectivity index (χ1) is 8.19. The van der Waals surface area contributed by atoms with Crippen molar-refractivity contribution in [1.29, 1.82) is 0 Å². The van der Waals surface area contributed by atoms with Crippen LogP contribution in [0.3, 0.4) is 0 Å². The molecule has 2 aromatic rings. The van der Waals surface area contributed by atoms with Crippen LogP contribution in [-0.2, 0) is 11.2 Å². The maximum atomic E-state index is 11.2. The van der Waals surface area contributed by atoms with Gasteiger partial charge in [-0.1, -0.05) is 29.8 Å². The molecule has 0 spiro atoms. The summed E-state index contributed by atoms with van der Waals surface area (Å²) < 4.78 is 4.62. The molecule has 2 rings (SSSR count). The van der Waals surface area contributed by atoms with E-state index in [4.69, 9.17) is 0 Å². The third kappa shape index (κ3) is 2.91. The van der Waals surface area contributed by atoms with Crippen LogP contribution >= 0.6 is 11.3 Å². The third-order valence-electron chi connectivity index (χ3n) is 2.42. The van der Waals surface area contributed by atoms with E-state index in [1.807, 2.05) is 0 Å². The monoisotopic (exact) mass is 247 g/mol. The Morgan fingerprint density at radius 1 is 1.35 bits per heavy atom. The Labute approximate surface area is 104 Å². The van der Waals surface area contributed by atoms with E-state index in [9.17, 15) is 4.79 Å². The topological polar surface area (TPSA) is 39.2 Å². The number of carbonyl (C=O) groups is 1. The summed E-state index contributed by atoms with van der Waals surface area (Å²) in [6.45, 7) is 2.06. The number of carbonyl (C=O) groups excluding carboxylic acids is 1. The van der Waals surface area contributed by atoms with Crippen LogP contribution in [0.15, 0.2) is 29.6 Å². The lowest BCUT2D eigenvalue weighted by molar-refractivity contribution is 0.0594. The van der Waals surface area contributed by atoms with Crippen LogP contribution in [0.5, 0.6) is 0 Å². The van der Waals surface area contributed by atoms with Crippen LogP contribution in [0.25, 0.3) is 0 Å². The van der Waals surface area contributed by atoms with Gasteiger partial charge in [-0.05, 0) is 12.5 Å². The van der Waals surface area contributed by atoms with Crippen molar-refractivity contribution >= 4 is 17.3 Å². The Kier molecular flexibility index (Phi) is 3.54. The number of rotatable bonds is 3. The number of ether oxygens (including phenoxy) is 1. The maximum absolute atomic E-state index is 11.2. The van der Waals surface area contributed by atoms with Crippen LogP contribution in [-0.4, -0.2) is 18.1 Å². The molecule has 0 unspecified atom stereocenters. The molecule has 0 saturated carbocycles. The first-order valence-electron chi connectivity index (χ1n) is 5.27. The molecule has 88 valence electrons. The highest BCUT2D eigenvalue weighted by molar-refractivity contribution is 7.09. The first kappa shape index (κ1) is 11.8. The summed E-state index contributed by atoms with van der Waals surface area (Å²) in [5.74, 6) is -0.378. The summed E-state index contributed by atoms with van der Waals surface area (Å²) in [5, 5.41) is 2.66. The van der Waals surface area contributed by atoms with E-state index in [0.29, 0.717) is 5.69 Å². The molecule has 0 fully saturated rings. The molecular formula is C13H13NO2S. The average molecular weight is 247 g/mol. The van der Waals surface area contributed by atoms with Gasteiger partial charge in [0.1, 0.15) is 0 Å². The Bertz CT molecular complexity index is 516. The molecule has 3 nitrogen and oxygen atoms in total. The largest absolute Gasteiger partial charge is 0.464 e. The van der Waals surface area contributed by atoms with E-state index < -0.39 is 0 Å². The number of aromatic nitrogens is 1. The van der Waals surface area contributed by atoms with Crippen molar-refractivity contribution < 1.29 is 9.53 Å². The fourth-order valence-electron chi connectivity index (χ4n) is 1.47. The van der Waals surface area contributed by atoms with E-state index in [1.165, 1.54) is 29.6 Å². The molecule has 1 aromatic carbocycles. The van der Waals surface area contributed by atoms with Crippen molar-refractivity contribution in [2.75, 3.05) is 7.11 Å².